The molecule has 0 aromatic heterocycles. The van der Waals surface area contributed by atoms with E-state index in [-0.39, 0.29) is 20.3 Å². The average molecular weight is 1600 g/mol. The Hall–Kier alpha value is -11.7. The zero-order valence-corrected chi connectivity index (χ0v) is 77.3. The summed E-state index contributed by atoms with van der Waals surface area (Å²) in [4.78, 5) is 0. The highest BCUT2D eigenvalue weighted by Crippen LogP contribution is 2.33. The maximum absolute atomic E-state index is 2.30. The average Bonchev–Trinajstić information content (AvgIpc) is 0.779. The Kier molecular flexibility index (Phi) is 40.6. The van der Waals surface area contributed by atoms with Gasteiger partial charge in [0.2, 0.25) is 0 Å². The summed E-state index contributed by atoms with van der Waals surface area (Å²) in [6.07, 6.45) is 1.03. The standard InChI is InChI=1S/C18H22.C17H20.C16H18.C15H16.2C14H14.C9H12.2C8H10.2CH4/c1-11-7-17(8-12(2)15(11)5)18-9-13(3)16(6)14(4)10-18;1-13-5-9-15(10-6-13)17(3,4)16-11-7-14(2)8-12-16;1-11-5-7-15(9-13(11)3)16-8-6-12(2)14(4)10-16;1-12-3-7-14(8-4-12)11-15-9-5-13(2)6-10-15;1-11-3-7-13(8-4-11)14-9-5-12(2)6-10-14;1-11-5-3-7-13(9-11)14-8-4-6-12(2)10-14;1-7-4-5-8(2)9(3)6-7;1-7-3-5-8(2)6-4-7;1-7-4-3-5-8(2)6-7;;/h7-10H,1-6H3;5-12H,1-4H3;5-10H,1-4H3;3-10H,11H2,1-2H3;2*3-10H,1-2H3;4-6H,1-3H3;2*3-6H,1-2H3;2*1H4. The van der Waals surface area contributed by atoms with Crippen LogP contribution in [0.5, 0.6) is 0 Å². The fourth-order valence-corrected chi connectivity index (χ4v) is 13.5. The Morgan fingerprint density at radius 3 is 0.620 bits per heavy atom. The summed E-state index contributed by atoms with van der Waals surface area (Å²) >= 11 is 0. The van der Waals surface area contributed by atoms with Crippen LogP contribution < -0.4 is 0 Å². The molecule has 121 heavy (non-hydrogen) atoms. The van der Waals surface area contributed by atoms with E-state index in [1.54, 1.807) is 0 Å². The van der Waals surface area contributed by atoms with Crippen molar-refractivity contribution in [2.75, 3.05) is 0 Å². The van der Waals surface area contributed by atoms with Gasteiger partial charge in [-0.2, -0.15) is 0 Å². The lowest BCUT2D eigenvalue weighted by Crippen LogP contribution is -2.18. The van der Waals surface area contributed by atoms with Gasteiger partial charge in [0, 0.05) is 5.41 Å². The molecule has 0 fully saturated rings. The van der Waals surface area contributed by atoms with Crippen molar-refractivity contribution in [3.05, 3.63) is 483 Å². The number of rotatable bonds is 8. The van der Waals surface area contributed by atoms with Gasteiger partial charge in [0.1, 0.15) is 0 Å². The third kappa shape index (κ3) is 33.4. The molecule has 628 valence electrons. The molecule has 15 rings (SSSR count). The zero-order chi connectivity index (χ0) is 87.0. The second-order valence-electron chi connectivity index (χ2n) is 33.9. The topological polar surface area (TPSA) is 0 Å². The first kappa shape index (κ1) is 99.9. The summed E-state index contributed by atoms with van der Waals surface area (Å²) in [6, 6.07) is 116. The lowest BCUT2D eigenvalue weighted by atomic mass is 9.78. The monoisotopic (exact) mass is 1600 g/mol. The van der Waals surface area contributed by atoms with E-state index < -0.39 is 0 Å². The lowest BCUT2D eigenvalue weighted by Gasteiger charge is -2.26. The summed E-state index contributed by atoms with van der Waals surface area (Å²) in [5.41, 5.74) is 49.7. The molecule has 0 heteroatoms. The molecule has 0 aliphatic heterocycles. The minimum Gasteiger partial charge on any atom is -0.0776 e. The molecule has 0 spiro atoms. The van der Waals surface area contributed by atoms with Crippen molar-refractivity contribution in [3.63, 3.8) is 0 Å². The molecule has 0 atom stereocenters. The molecule has 15 aromatic rings. The molecule has 0 radical (unpaired) electrons. The van der Waals surface area contributed by atoms with Crippen molar-refractivity contribution in [1.29, 1.82) is 0 Å². The van der Waals surface area contributed by atoms with E-state index in [2.05, 4.69) is 508 Å². The van der Waals surface area contributed by atoms with Crippen molar-refractivity contribution < 1.29 is 0 Å². The molecular formula is C121H144. The minimum absolute atomic E-state index is 0. The molecule has 0 unspecified atom stereocenters. The predicted molar refractivity (Wildman–Crippen MR) is 539 cm³/mol. The van der Waals surface area contributed by atoms with Crippen LogP contribution >= 0.6 is 0 Å². The molecule has 0 saturated heterocycles. The van der Waals surface area contributed by atoms with E-state index >= 15 is 0 Å². The first-order valence-corrected chi connectivity index (χ1v) is 42.4. The SMILES string of the molecule is C.C.Cc1cc(-c2cc(C)c(C)c(C)c2)cc(C)c1C.Cc1ccc(-c2ccc(C)c(C)c2)cc1C.Cc1ccc(-c2ccc(C)cc2)cc1.Cc1ccc(C(C)(C)c2ccc(C)cc2)cc1.Cc1ccc(C)c(C)c1.Cc1ccc(C)cc1.Cc1ccc(Cc2ccc(C)cc2)cc1.Cc1cccc(-c2cccc(C)c2)c1.Cc1cccc(C)c1. The van der Waals surface area contributed by atoms with E-state index in [1.165, 1.54) is 206 Å². The molecule has 0 amide bonds. The summed E-state index contributed by atoms with van der Waals surface area (Å²) in [6.45, 7) is 58.1. The summed E-state index contributed by atoms with van der Waals surface area (Å²) in [5.74, 6) is 0. The number of benzene rings is 15. The van der Waals surface area contributed by atoms with Crippen LogP contribution in [0.1, 0.15) is 190 Å². The molecule has 0 aliphatic rings. The van der Waals surface area contributed by atoms with Gasteiger partial charge in [-0.25, -0.2) is 0 Å². The van der Waals surface area contributed by atoms with Crippen LogP contribution in [0.25, 0.3) is 44.5 Å². The molecule has 0 saturated carbocycles. The third-order valence-electron chi connectivity index (χ3n) is 22.6. The Morgan fingerprint density at radius 2 is 0.364 bits per heavy atom. The first-order valence-electron chi connectivity index (χ1n) is 42.4. The van der Waals surface area contributed by atoms with Gasteiger partial charge in [0.05, 0.1) is 0 Å². The van der Waals surface area contributed by atoms with E-state index in [0.717, 1.165) is 6.42 Å². The van der Waals surface area contributed by atoms with Gasteiger partial charge < -0.3 is 0 Å². The zero-order valence-electron chi connectivity index (χ0n) is 77.3. The molecule has 0 aliphatic carbocycles. The maximum atomic E-state index is 2.30. The summed E-state index contributed by atoms with van der Waals surface area (Å²) in [5, 5.41) is 0. The molecular weight excluding hydrogens is 1450 g/mol. The van der Waals surface area contributed by atoms with E-state index in [9.17, 15) is 0 Å². The van der Waals surface area contributed by atoms with Gasteiger partial charge in [-0.15, -0.1) is 0 Å². The fourth-order valence-electron chi connectivity index (χ4n) is 13.5. The highest BCUT2D eigenvalue weighted by atomic mass is 14.3. The predicted octanol–water partition coefficient (Wildman–Crippen LogP) is 34.7. The van der Waals surface area contributed by atoms with Gasteiger partial charge in [0.15, 0.2) is 0 Å². The van der Waals surface area contributed by atoms with Crippen molar-refractivity contribution in [2.24, 2.45) is 0 Å². The molecule has 0 N–H and O–H groups in total. The van der Waals surface area contributed by atoms with Crippen molar-refractivity contribution in [2.45, 2.75) is 214 Å². The molecule has 0 bridgehead atoms. The van der Waals surface area contributed by atoms with Crippen LogP contribution in [-0.2, 0) is 11.8 Å². The Morgan fingerprint density at radius 1 is 0.157 bits per heavy atom. The van der Waals surface area contributed by atoms with Gasteiger partial charge in [-0.1, -0.05) is 423 Å². The van der Waals surface area contributed by atoms with Crippen LogP contribution in [0.3, 0.4) is 0 Å². The highest BCUT2D eigenvalue weighted by molar-refractivity contribution is 5.70. The van der Waals surface area contributed by atoms with Crippen LogP contribution in [0.4, 0.5) is 0 Å². The second-order valence-corrected chi connectivity index (χ2v) is 33.9. The second kappa shape index (κ2) is 49.1. The Bertz CT molecular complexity index is 5250. The van der Waals surface area contributed by atoms with Crippen LogP contribution in [-0.4, -0.2) is 0 Å². The number of hydrogen-bond acceptors (Lipinski definition) is 0. The first-order chi connectivity index (χ1) is 56.5. The normalized spacial score (nSPS) is 10.2. The third-order valence-corrected chi connectivity index (χ3v) is 22.6. The Balaban J connectivity index is 0.000000244. The number of aryl methyl sites for hydroxylation is 23. The van der Waals surface area contributed by atoms with E-state index in [1.807, 2.05) is 0 Å². The molecule has 0 heterocycles. The van der Waals surface area contributed by atoms with Crippen molar-refractivity contribution in [3.8, 4) is 44.5 Å². The minimum atomic E-state index is 0. The van der Waals surface area contributed by atoms with Crippen LogP contribution in [0.2, 0.25) is 0 Å². The number of hydrogen-bond donors (Lipinski definition) is 0. The van der Waals surface area contributed by atoms with Gasteiger partial charge in [-0.3, -0.25) is 0 Å². The fraction of sp³-hybridized carbons (Fsp3) is 0.256. The van der Waals surface area contributed by atoms with Gasteiger partial charge >= 0.3 is 0 Å². The maximum Gasteiger partial charge on any atom is 0.0146 e. The Labute approximate surface area is 736 Å². The van der Waals surface area contributed by atoms with E-state index in [0.29, 0.717) is 0 Å². The van der Waals surface area contributed by atoms with Crippen molar-refractivity contribution >= 4 is 0 Å². The smallest absolute Gasteiger partial charge is 0.0146 e. The van der Waals surface area contributed by atoms with Gasteiger partial charge in [-0.05, 0) is 313 Å². The summed E-state index contributed by atoms with van der Waals surface area (Å²) in [7, 11) is 0. The van der Waals surface area contributed by atoms with Crippen LogP contribution in [0.15, 0.2) is 322 Å². The highest BCUT2D eigenvalue weighted by Gasteiger charge is 2.22. The molecule has 0 nitrogen and oxygen atoms in total. The van der Waals surface area contributed by atoms with Gasteiger partial charge in [0.25, 0.3) is 0 Å². The largest absolute Gasteiger partial charge is 0.0776 e. The van der Waals surface area contributed by atoms with Crippen LogP contribution in [0, 0.1) is 173 Å². The quantitative estimate of drug-likeness (QED) is 0.142. The van der Waals surface area contributed by atoms with E-state index in [4.69, 9.17) is 0 Å². The lowest BCUT2D eigenvalue weighted by molar-refractivity contribution is 0.640. The molecule has 15 aromatic carbocycles. The summed E-state index contributed by atoms with van der Waals surface area (Å²) < 4.78 is 0. The van der Waals surface area contributed by atoms with Crippen molar-refractivity contribution in [1.82, 2.24) is 0 Å².